The van der Waals surface area contributed by atoms with Crippen molar-refractivity contribution in [2.45, 2.75) is 50.3 Å². The van der Waals surface area contributed by atoms with E-state index in [1.54, 1.807) is 0 Å². The number of aliphatic hydroxyl groups excluding tert-OH is 1. The second kappa shape index (κ2) is 12.7. The van der Waals surface area contributed by atoms with E-state index in [4.69, 9.17) is 5.26 Å². The highest BCUT2D eigenvalue weighted by Gasteiger charge is 2.34. The first-order valence-electron chi connectivity index (χ1n) is 12.0. The molecule has 1 aliphatic carbocycles. The van der Waals surface area contributed by atoms with Gasteiger partial charge in [-0.15, -0.1) is 0 Å². The quantitative estimate of drug-likeness (QED) is 0.484. The Bertz CT molecular complexity index is 1060. The maximum absolute atomic E-state index is 13.1. The summed E-state index contributed by atoms with van der Waals surface area (Å²) in [5.41, 5.74) is 0.579. The molecule has 0 bridgehead atoms. The van der Waals surface area contributed by atoms with Gasteiger partial charge in [-0.3, -0.25) is 4.90 Å². The third-order valence-corrected chi connectivity index (χ3v) is 6.33. The molecule has 1 saturated carbocycles. The molecule has 10 heteroatoms. The fourth-order valence-electron chi connectivity index (χ4n) is 4.46. The third kappa shape index (κ3) is 8.21. The number of anilines is 1. The molecule has 2 aromatic carbocycles. The van der Waals surface area contributed by atoms with Crippen molar-refractivity contribution in [1.29, 1.82) is 5.26 Å². The molecule has 1 aliphatic heterocycles. The van der Waals surface area contributed by atoms with Crippen LogP contribution in [0, 0.1) is 17.1 Å². The van der Waals surface area contributed by atoms with Crippen molar-refractivity contribution >= 4 is 11.7 Å². The van der Waals surface area contributed by atoms with Gasteiger partial charge in [0, 0.05) is 31.9 Å². The largest absolute Gasteiger partial charge is 0.419 e. The Morgan fingerprint density at radius 1 is 1.14 bits per heavy atom. The number of rotatable bonds is 5. The first kappa shape index (κ1) is 27.4. The van der Waals surface area contributed by atoms with Crippen molar-refractivity contribution in [2.75, 3.05) is 31.5 Å². The van der Waals surface area contributed by atoms with Crippen molar-refractivity contribution in [3.05, 3.63) is 65.0 Å². The number of β-amino-alcohol motifs (C(OH)–C–C–N with tert-alkyl or cyclic N) is 1. The number of carbonyl (C=O) groups is 1. The SMILES string of the molecule is N#Cc1cccc(C2CCCC2)c1.O=C(NCCN1CCC(O)C1)Nc1ccc(F)c(C(F)(F)F)c1. The molecule has 2 aliphatic rings. The Morgan fingerprint density at radius 2 is 1.89 bits per heavy atom. The Hall–Kier alpha value is -3.16. The summed E-state index contributed by atoms with van der Waals surface area (Å²) in [6.45, 7) is 2.08. The lowest BCUT2D eigenvalue weighted by Gasteiger charge is -2.15. The predicted molar refractivity (Wildman–Crippen MR) is 128 cm³/mol. The lowest BCUT2D eigenvalue weighted by Crippen LogP contribution is -2.36. The van der Waals surface area contributed by atoms with Crippen molar-refractivity contribution in [3.63, 3.8) is 0 Å². The van der Waals surface area contributed by atoms with Gasteiger partial charge in [-0.05, 0) is 61.1 Å². The highest BCUT2D eigenvalue weighted by molar-refractivity contribution is 5.89. The van der Waals surface area contributed by atoms with Crippen LogP contribution in [0.15, 0.2) is 42.5 Å². The number of carbonyl (C=O) groups excluding carboxylic acids is 1. The molecule has 36 heavy (non-hydrogen) atoms. The molecule has 194 valence electrons. The fraction of sp³-hybridized carbons (Fsp3) is 0.462. The van der Waals surface area contributed by atoms with Crippen LogP contribution in [0.4, 0.5) is 28.0 Å². The zero-order valence-corrected chi connectivity index (χ0v) is 19.8. The van der Waals surface area contributed by atoms with Gasteiger partial charge in [0.1, 0.15) is 5.82 Å². The Morgan fingerprint density at radius 3 is 2.53 bits per heavy atom. The van der Waals surface area contributed by atoms with E-state index in [1.165, 1.54) is 31.2 Å². The van der Waals surface area contributed by atoms with Gasteiger partial charge < -0.3 is 15.7 Å². The number of hydrogen-bond donors (Lipinski definition) is 3. The maximum Gasteiger partial charge on any atom is 0.419 e. The van der Waals surface area contributed by atoms with Crippen LogP contribution in [0.2, 0.25) is 0 Å². The van der Waals surface area contributed by atoms with Crippen LogP contribution in [0.1, 0.15) is 54.7 Å². The van der Waals surface area contributed by atoms with Gasteiger partial charge in [0.05, 0.1) is 23.3 Å². The molecule has 6 nitrogen and oxygen atoms in total. The van der Waals surface area contributed by atoms with Crippen molar-refractivity contribution in [3.8, 4) is 6.07 Å². The number of benzene rings is 2. The number of nitrogens with one attached hydrogen (secondary N) is 2. The molecule has 0 radical (unpaired) electrons. The lowest BCUT2D eigenvalue weighted by molar-refractivity contribution is -0.139. The highest BCUT2D eigenvalue weighted by Crippen LogP contribution is 2.34. The molecule has 0 spiro atoms. The van der Waals surface area contributed by atoms with Crippen LogP contribution >= 0.6 is 0 Å². The second-order valence-corrected chi connectivity index (χ2v) is 9.04. The topological polar surface area (TPSA) is 88.4 Å². The minimum Gasteiger partial charge on any atom is -0.392 e. The molecule has 2 amide bonds. The van der Waals surface area contributed by atoms with Crippen LogP contribution in [0.3, 0.4) is 0 Å². The zero-order valence-electron chi connectivity index (χ0n) is 19.8. The number of halogens is 4. The summed E-state index contributed by atoms with van der Waals surface area (Å²) < 4.78 is 50.9. The first-order chi connectivity index (χ1) is 17.2. The van der Waals surface area contributed by atoms with Gasteiger partial charge in [-0.25, -0.2) is 9.18 Å². The smallest absolute Gasteiger partial charge is 0.392 e. The summed E-state index contributed by atoms with van der Waals surface area (Å²) in [6.07, 6.45) is 0.799. The Kier molecular flexibility index (Phi) is 9.67. The molecular formula is C26H30F4N4O2. The number of likely N-dealkylation sites (tertiary alicyclic amines) is 1. The molecule has 1 saturated heterocycles. The van der Waals surface area contributed by atoms with Gasteiger partial charge in [0.15, 0.2) is 0 Å². The number of aliphatic hydroxyl groups is 1. The van der Waals surface area contributed by atoms with Gasteiger partial charge in [0.25, 0.3) is 0 Å². The number of hydrogen-bond acceptors (Lipinski definition) is 4. The number of amides is 2. The summed E-state index contributed by atoms with van der Waals surface area (Å²) in [7, 11) is 0. The summed E-state index contributed by atoms with van der Waals surface area (Å²) in [6, 6.07) is 11.8. The number of alkyl halides is 3. The van der Waals surface area contributed by atoms with Gasteiger partial charge >= 0.3 is 12.2 Å². The summed E-state index contributed by atoms with van der Waals surface area (Å²) in [4.78, 5) is 13.6. The Balaban J connectivity index is 0.000000233. The van der Waals surface area contributed by atoms with Crippen molar-refractivity contribution < 1.29 is 27.5 Å². The lowest BCUT2D eigenvalue weighted by atomic mass is 9.96. The number of urea groups is 1. The molecule has 2 fully saturated rings. The van der Waals surface area contributed by atoms with Gasteiger partial charge in [-0.1, -0.05) is 25.0 Å². The van der Waals surface area contributed by atoms with Crippen LogP contribution < -0.4 is 10.6 Å². The number of nitriles is 1. The zero-order chi connectivity index (χ0) is 26.1. The summed E-state index contributed by atoms with van der Waals surface area (Å²) >= 11 is 0. The van der Waals surface area contributed by atoms with Crippen molar-refractivity contribution in [1.82, 2.24) is 10.2 Å². The van der Waals surface area contributed by atoms with Gasteiger partial charge in [-0.2, -0.15) is 18.4 Å². The maximum atomic E-state index is 13.1. The molecule has 1 unspecified atom stereocenters. The monoisotopic (exact) mass is 506 g/mol. The Labute approximate surface area is 207 Å². The van der Waals surface area contributed by atoms with E-state index in [0.717, 1.165) is 18.2 Å². The minimum atomic E-state index is -4.82. The fourth-order valence-corrected chi connectivity index (χ4v) is 4.46. The van der Waals surface area contributed by atoms with Gasteiger partial charge in [0.2, 0.25) is 0 Å². The molecular weight excluding hydrogens is 476 g/mol. The second-order valence-electron chi connectivity index (χ2n) is 9.04. The van der Waals surface area contributed by atoms with E-state index in [-0.39, 0.29) is 18.3 Å². The molecule has 3 N–H and O–H groups in total. The van der Waals surface area contributed by atoms with E-state index in [1.807, 2.05) is 23.1 Å². The standard InChI is InChI=1S/C14H17F4N3O2.C12H13N/c15-12-2-1-9(7-11(12)14(16,17)18)20-13(23)19-4-6-21-5-3-10(22)8-21;13-9-10-4-3-7-12(8-10)11-5-1-2-6-11/h1-2,7,10,22H,3-6,8H2,(H2,19,20,23);3-4,7-8,11H,1-2,5-6H2. The van der Waals surface area contributed by atoms with E-state index >= 15 is 0 Å². The summed E-state index contributed by atoms with van der Waals surface area (Å²) in [5.74, 6) is -0.677. The van der Waals surface area contributed by atoms with Crippen LogP contribution in [0.25, 0.3) is 0 Å². The highest BCUT2D eigenvalue weighted by atomic mass is 19.4. The normalized spacial score (nSPS) is 18.3. The van der Waals surface area contributed by atoms with E-state index in [9.17, 15) is 27.5 Å². The average Bonchev–Trinajstić information content (AvgIpc) is 3.52. The molecule has 0 aromatic heterocycles. The predicted octanol–water partition coefficient (Wildman–Crippen LogP) is 5.25. The minimum absolute atomic E-state index is 0.146. The molecule has 1 heterocycles. The van der Waals surface area contributed by atoms with Crippen LogP contribution in [-0.4, -0.2) is 48.3 Å². The van der Waals surface area contributed by atoms with E-state index in [2.05, 4.69) is 22.8 Å². The van der Waals surface area contributed by atoms with Crippen molar-refractivity contribution in [2.24, 2.45) is 0 Å². The van der Waals surface area contributed by atoms with Crippen LogP contribution in [-0.2, 0) is 6.18 Å². The first-order valence-corrected chi connectivity index (χ1v) is 12.0. The number of nitrogens with zero attached hydrogens (tertiary/aromatic N) is 2. The molecule has 4 rings (SSSR count). The van der Waals surface area contributed by atoms with E-state index < -0.39 is 23.6 Å². The third-order valence-electron chi connectivity index (χ3n) is 6.33. The molecule has 1 atom stereocenters. The van der Waals surface area contributed by atoms with Crippen LogP contribution in [0.5, 0.6) is 0 Å². The van der Waals surface area contributed by atoms with E-state index in [0.29, 0.717) is 37.6 Å². The summed E-state index contributed by atoms with van der Waals surface area (Å²) in [5, 5.41) is 22.8. The average molecular weight is 507 g/mol. The molecule has 2 aromatic rings.